The van der Waals surface area contributed by atoms with Gasteiger partial charge in [0.25, 0.3) is 0 Å². The first kappa shape index (κ1) is 41.4. The summed E-state index contributed by atoms with van der Waals surface area (Å²) in [4.78, 5) is 1.32. The quantitative estimate of drug-likeness (QED) is 0.0416. The molecule has 0 saturated heterocycles. The van der Waals surface area contributed by atoms with E-state index in [-0.39, 0.29) is 5.92 Å². The standard InChI is InChI=1S/C56H52OS2/c1-7-9-24-44(43(8-2)25-19-23-40(3)42(5)48-30-14-17-35-53(48)58-6)37-38-57-56(46-27-11-10-12-28-46,52-34-16-13-22-41(52)4)47-29-20-26-45(39-47)49-32-21-33-51-50-31-15-18-36-54(50)59-55(49)51/h7-37,39,42-43H,1-2,38H2,3-6H3/b24-9-,25-19-,40-23+,44-37+. The number of thiophene rings is 1. The van der Waals surface area contributed by atoms with Crippen molar-refractivity contribution in [2.45, 2.75) is 37.2 Å². The van der Waals surface area contributed by atoms with Crippen LogP contribution >= 0.6 is 23.1 Å². The summed E-state index contributed by atoms with van der Waals surface area (Å²) in [7, 11) is 0. The van der Waals surface area contributed by atoms with Crippen molar-refractivity contribution in [1.29, 1.82) is 0 Å². The highest BCUT2D eigenvalue weighted by Crippen LogP contribution is 2.45. The molecule has 3 heteroatoms. The van der Waals surface area contributed by atoms with Gasteiger partial charge in [-0.3, -0.25) is 0 Å². The predicted molar refractivity (Wildman–Crippen MR) is 259 cm³/mol. The van der Waals surface area contributed by atoms with Gasteiger partial charge in [-0.25, -0.2) is 0 Å². The number of rotatable bonds is 16. The number of fused-ring (bicyclic) bond motifs is 3. The summed E-state index contributed by atoms with van der Waals surface area (Å²) in [5, 5.41) is 2.58. The van der Waals surface area contributed by atoms with Gasteiger partial charge in [-0.1, -0.05) is 195 Å². The van der Waals surface area contributed by atoms with E-state index in [4.69, 9.17) is 4.74 Å². The summed E-state index contributed by atoms with van der Waals surface area (Å²) in [6, 6.07) is 52.3. The maximum atomic E-state index is 7.44. The smallest absolute Gasteiger partial charge is 0.144 e. The van der Waals surface area contributed by atoms with Gasteiger partial charge in [-0.15, -0.1) is 29.7 Å². The molecule has 0 fully saturated rings. The van der Waals surface area contributed by atoms with Gasteiger partial charge in [0.05, 0.1) is 6.61 Å². The molecule has 7 aromatic rings. The molecule has 1 heterocycles. The topological polar surface area (TPSA) is 9.23 Å². The largest absolute Gasteiger partial charge is 0.357 e. The first-order chi connectivity index (χ1) is 28.9. The molecule has 3 atom stereocenters. The van der Waals surface area contributed by atoms with Crippen molar-refractivity contribution in [3.8, 4) is 11.1 Å². The highest BCUT2D eigenvalue weighted by molar-refractivity contribution is 7.98. The lowest BCUT2D eigenvalue weighted by Crippen LogP contribution is -2.34. The van der Waals surface area contributed by atoms with Gasteiger partial charge in [0.2, 0.25) is 0 Å². The number of thioether (sulfide) groups is 1. The van der Waals surface area contributed by atoms with Crippen molar-refractivity contribution in [3.05, 3.63) is 246 Å². The number of aryl methyl sites for hydroxylation is 1. The molecule has 0 bridgehead atoms. The fourth-order valence-corrected chi connectivity index (χ4v) is 10.0. The number of benzene rings is 6. The number of allylic oxidation sites excluding steroid dienone is 9. The second-order valence-corrected chi connectivity index (χ2v) is 16.8. The Morgan fingerprint density at radius 3 is 2.29 bits per heavy atom. The van der Waals surface area contributed by atoms with E-state index in [2.05, 4.69) is 216 Å². The fourth-order valence-electron chi connectivity index (χ4n) is 8.07. The summed E-state index contributed by atoms with van der Waals surface area (Å²) in [6.07, 6.45) is 18.9. The van der Waals surface area contributed by atoms with Crippen molar-refractivity contribution in [3.63, 3.8) is 0 Å². The molecule has 7 rings (SSSR count). The minimum Gasteiger partial charge on any atom is -0.357 e. The molecule has 0 saturated carbocycles. The van der Waals surface area contributed by atoms with Crippen LogP contribution in [0.25, 0.3) is 31.3 Å². The molecule has 0 aliphatic heterocycles. The molecule has 0 amide bonds. The second kappa shape index (κ2) is 19.4. The SMILES string of the molecule is C=C/C=C\C(=C/COC(c1ccccc1)(c1cccc(-c2cccc3c2sc2ccccc23)c1)c1ccccc1C)C(C=C)/C=C\C=C(/C)C(C)c1ccccc1SC. The van der Waals surface area contributed by atoms with Crippen molar-refractivity contribution in [2.75, 3.05) is 12.9 Å². The molecule has 294 valence electrons. The van der Waals surface area contributed by atoms with E-state index in [1.165, 1.54) is 41.8 Å². The lowest BCUT2D eigenvalue weighted by Gasteiger charge is -2.37. The van der Waals surface area contributed by atoms with E-state index in [9.17, 15) is 0 Å². The highest BCUT2D eigenvalue weighted by atomic mass is 32.2. The van der Waals surface area contributed by atoms with Crippen molar-refractivity contribution >= 4 is 43.3 Å². The van der Waals surface area contributed by atoms with Gasteiger partial charge in [-0.05, 0) is 82.8 Å². The molecule has 1 nitrogen and oxygen atoms in total. The summed E-state index contributed by atoms with van der Waals surface area (Å²) in [5.41, 5.74) is 9.62. The molecule has 0 aliphatic rings. The average molecular weight is 805 g/mol. The van der Waals surface area contributed by atoms with Gasteiger partial charge < -0.3 is 4.74 Å². The van der Waals surface area contributed by atoms with Gasteiger partial charge in [0, 0.05) is 36.9 Å². The first-order valence-electron chi connectivity index (χ1n) is 20.3. The van der Waals surface area contributed by atoms with Crippen LogP contribution in [0.4, 0.5) is 0 Å². The fraction of sp³-hybridized carbons (Fsp3) is 0.143. The van der Waals surface area contributed by atoms with Gasteiger partial charge in [0.1, 0.15) is 5.60 Å². The van der Waals surface area contributed by atoms with E-state index in [0.29, 0.717) is 12.5 Å². The lowest BCUT2D eigenvalue weighted by molar-refractivity contribution is 0.0312. The number of ether oxygens (including phenoxy) is 1. The van der Waals surface area contributed by atoms with Crippen LogP contribution in [0.2, 0.25) is 0 Å². The number of hydrogen-bond donors (Lipinski definition) is 0. The van der Waals surface area contributed by atoms with Crippen LogP contribution in [0.1, 0.15) is 47.6 Å². The zero-order valence-corrected chi connectivity index (χ0v) is 36.1. The van der Waals surface area contributed by atoms with Crippen LogP contribution in [-0.2, 0) is 10.3 Å². The Morgan fingerprint density at radius 2 is 1.49 bits per heavy atom. The molecule has 3 unspecified atom stereocenters. The molecule has 0 aliphatic carbocycles. The molecular weight excluding hydrogens is 753 g/mol. The Bertz CT molecular complexity index is 2690. The summed E-state index contributed by atoms with van der Waals surface area (Å²) in [5.74, 6) is 0.265. The lowest BCUT2D eigenvalue weighted by atomic mass is 9.77. The predicted octanol–water partition coefficient (Wildman–Crippen LogP) is 15.8. The molecule has 0 radical (unpaired) electrons. The minimum atomic E-state index is -0.914. The third kappa shape index (κ3) is 8.84. The monoisotopic (exact) mass is 804 g/mol. The third-order valence-electron chi connectivity index (χ3n) is 11.3. The first-order valence-corrected chi connectivity index (χ1v) is 22.3. The maximum absolute atomic E-state index is 7.44. The summed E-state index contributed by atoms with van der Waals surface area (Å²) >= 11 is 3.66. The van der Waals surface area contributed by atoms with E-state index >= 15 is 0 Å². The Kier molecular flexibility index (Phi) is 13.6. The Hall–Kier alpha value is -5.71. The zero-order chi connectivity index (χ0) is 41.2. The molecular formula is C56H52OS2. The van der Waals surface area contributed by atoms with Gasteiger partial charge >= 0.3 is 0 Å². The van der Waals surface area contributed by atoms with Crippen molar-refractivity contribution in [2.24, 2.45) is 5.92 Å². The van der Waals surface area contributed by atoms with E-state index < -0.39 is 5.60 Å². The number of hydrogen-bond acceptors (Lipinski definition) is 3. The summed E-state index contributed by atoms with van der Waals surface area (Å²) in [6.45, 7) is 15.3. The molecule has 0 spiro atoms. The third-order valence-corrected chi connectivity index (χ3v) is 13.4. The highest BCUT2D eigenvalue weighted by Gasteiger charge is 2.39. The van der Waals surface area contributed by atoms with Crippen LogP contribution in [0.3, 0.4) is 0 Å². The molecule has 6 aromatic carbocycles. The Balaban J connectivity index is 1.29. The van der Waals surface area contributed by atoms with Crippen LogP contribution < -0.4 is 0 Å². The van der Waals surface area contributed by atoms with Crippen LogP contribution in [-0.4, -0.2) is 12.9 Å². The average Bonchev–Trinajstić information content (AvgIpc) is 3.67. The van der Waals surface area contributed by atoms with Crippen LogP contribution in [0.15, 0.2) is 223 Å². The van der Waals surface area contributed by atoms with Crippen LogP contribution in [0, 0.1) is 12.8 Å². The molecule has 1 aromatic heterocycles. The Morgan fingerprint density at radius 1 is 0.780 bits per heavy atom. The molecule has 0 N–H and O–H groups in total. The van der Waals surface area contributed by atoms with E-state index in [1.807, 2.05) is 29.6 Å². The maximum Gasteiger partial charge on any atom is 0.144 e. The molecule has 59 heavy (non-hydrogen) atoms. The Labute approximate surface area is 359 Å². The zero-order valence-electron chi connectivity index (χ0n) is 34.5. The minimum absolute atomic E-state index is 0.0395. The second-order valence-electron chi connectivity index (χ2n) is 14.9. The van der Waals surface area contributed by atoms with Gasteiger partial charge in [-0.2, -0.15) is 0 Å². The van der Waals surface area contributed by atoms with Crippen molar-refractivity contribution in [1.82, 2.24) is 0 Å². The van der Waals surface area contributed by atoms with Crippen LogP contribution in [0.5, 0.6) is 0 Å². The normalized spacial score (nSPS) is 14.5. The van der Waals surface area contributed by atoms with Gasteiger partial charge in [0.15, 0.2) is 0 Å². The van der Waals surface area contributed by atoms with E-state index in [0.717, 1.165) is 33.4 Å². The van der Waals surface area contributed by atoms with E-state index in [1.54, 1.807) is 11.8 Å². The summed E-state index contributed by atoms with van der Waals surface area (Å²) < 4.78 is 10.0. The van der Waals surface area contributed by atoms with Crippen molar-refractivity contribution < 1.29 is 4.74 Å².